The molecule has 4 rings (SSSR count). The van der Waals surface area contributed by atoms with E-state index in [0.717, 1.165) is 34.6 Å². The second kappa shape index (κ2) is 9.47. The van der Waals surface area contributed by atoms with E-state index in [2.05, 4.69) is 19.1 Å². The molecule has 31 heavy (non-hydrogen) atoms. The molecule has 5 heteroatoms. The number of hydrogen-bond acceptors (Lipinski definition) is 3. The summed E-state index contributed by atoms with van der Waals surface area (Å²) in [4.78, 5) is 19.5. The quantitative estimate of drug-likeness (QED) is 0.415. The van der Waals surface area contributed by atoms with E-state index in [4.69, 9.17) is 9.72 Å². The lowest BCUT2D eigenvalue weighted by molar-refractivity contribution is -0.131. The Hall–Kier alpha value is -3.60. The average Bonchev–Trinajstić information content (AvgIpc) is 3.16. The predicted octanol–water partition coefficient (Wildman–Crippen LogP) is 4.84. The van der Waals surface area contributed by atoms with Crippen LogP contribution in [0.3, 0.4) is 0 Å². The smallest absolute Gasteiger partial charge is 0.242 e. The normalized spacial score (nSPS) is 10.9. The molecule has 3 aromatic carbocycles. The number of imidazole rings is 1. The van der Waals surface area contributed by atoms with E-state index in [1.807, 2.05) is 78.3 Å². The first-order valence-electron chi connectivity index (χ1n) is 10.6. The molecule has 0 aliphatic heterocycles. The summed E-state index contributed by atoms with van der Waals surface area (Å²) in [6.07, 6.45) is 0.995. The fourth-order valence-corrected chi connectivity index (χ4v) is 3.58. The third-order valence-electron chi connectivity index (χ3n) is 5.41. The summed E-state index contributed by atoms with van der Waals surface area (Å²) >= 11 is 0. The van der Waals surface area contributed by atoms with Crippen LogP contribution in [0.1, 0.15) is 23.9 Å². The van der Waals surface area contributed by atoms with Gasteiger partial charge in [0.2, 0.25) is 5.91 Å². The lowest BCUT2D eigenvalue weighted by atomic mass is 10.2. The number of hydrogen-bond donors (Lipinski definition) is 0. The number of carbonyl (C=O) groups excluding carboxylic acids is 1. The minimum Gasteiger partial charge on any atom is -0.486 e. The van der Waals surface area contributed by atoms with Crippen LogP contribution >= 0.6 is 0 Å². The monoisotopic (exact) mass is 413 g/mol. The number of benzene rings is 3. The van der Waals surface area contributed by atoms with Gasteiger partial charge in [-0.15, -0.1) is 0 Å². The Balaban J connectivity index is 1.52. The van der Waals surface area contributed by atoms with Gasteiger partial charge in [-0.2, -0.15) is 0 Å². The SMILES string of the molecule is CCc1ccc(OCc2nc3ccccc3n2CC(=O)N(C)Cc2ccccc2)cc1. The standard InChI is InChI=1S/C26H27N3O2/c1-3-20-13-15-22(16-14-20)31-19-25-27-23-11-7-8-12-24(23)29(25)18-26(30)28(2)17-21-9-5-4-6-10-21/h4-16H,3,17-19H2,1-2H3. The number of ether oxygens (including phenoxy) is 1. The molecule has 158 valence electrons. The van der Waals surface area contributed by atoms with E-state index in [-0.39, 0.29) is 12.5 Å². The molecular formula is C26H27N3O2. The van der Waals surface area contributed by atoms with Crippen LogP contribution in [0.4, 0.5) is 0 Å². The van der Waals surface area contributed by atoms with Gasteiger partial charge in [-0.25, -0.2) is 4.98 Å². The van der Waals surface area contributed by atoms with Crippen molar-refractivity contribution in [1.82, 2.24) is 14.5 Å². The van der Waals surface area contributed by atoms with Gasteiger partial charge < -0.3 is 14.2 Å². The van der Waals surface area contributed by atoms with E-state index in [1.54, 1.807) is 4.90 Å². The fraction of sp³-hybridized carbons (Fsp3) is 0.231. The minimum atomic E-state index is 0.0283. The molecule has 1 aromatic heterocycles. The Morgan fingerprint density at radius 1 is 0.935 bits per heavy atom. The molecule has 1 amide bonds. The zero-order chi connectivity index (χ0) is 21.6. The molecule has 0 saturated heterocycles. The molecule has 1 heterocycles. The van der Waals surface area contributed by atoms with E-state index < -0.39 is 0 Å². The second-order valence-electron chi connectivity index (χ2n) is 7.62. The molecule has 4 aromatic rings. The van der Waals surface area contributed by atoms with Gasteiger partial charge in [0.25, 0.3) is 0 Å². The highest BCUT2D eigenvalue weighted by molar-refractivity contribution is 5.81. The molecule has 0 radical (unpaired) electrons. The summed E-state index contributed by atoms with van der Waals surface area (Å²) in [7, 11) is 1.83. The number of nitrogens with zero attached hydrogens (tertiary/aromatic N) is 3. The van der Waals surface area contributed by atoms with Crippen molar-refractivity contribution in [3.05, 3.63) is 95.8 Å². The molecule has 5 nitrogen and oxygen atoms in total. The van der Waals surface area contributed by atoms with Gasteiger partial charge in [-0.05, 0) is 41.8 Å². The number of aryl methyl sites for hydroxylation is 1. The number of likely N-dealkylation sites (N-methyl/N-ethyl adjacent to an activating group) is 1. The van der Waals surface area contributed by atoms with Crippen molar-refractivity contribution in [1.29, 1.82) is 0 Å². The molecule has 0 aliphatic carbocycles. The highest BCUT2D eigenvalue weighted by Gasteiger charge is 2.17. The molecule has 0 unspecified atom stereocenters. The molecule has 0 saturated carbocycles. The second-order valence-corrected chi connectivity index (χ2v) is 7.62. The maximum Gasteiger partial charge on any atom is 0.242 e. The zero-order valence-corrected chi connectivity index (χ0v) is 18.0. The highest BCUT2D eigenvalue weighted by atomic mass is 16.5. The number of para-hydroxylation sites is 2. The highest BCUT2D eigenvalue weighted by Crippen LogP contribution is 2.19. The van der Waals surface area contributed by atoms with Crippen LogP contribution in [-0.4, -0.2) is 27.4 Å². The Morgan fingerprint density at radius 2 is 1.65 bits per heavy atom. The van der Waals surface area contributed by atoms with Crippen molar-refractivity contribution >= 4 is 16.9 Å². The molecular weight excluding hydrogens is 386 g/mol. The summed E-state index contributed by atoms with van der Waals surface area (Å²) in [6, 6.07) is 26.0. The molecule has 0 N–H and O–H groups in total. The molecule has 0 fully saturated rings. The van der Waals surface area contributed by atoms with Crippen molar-refractivity contribution in [2.45, 2.75) is 33.0 Å². The van der Waals surface area contributed by atoms with Crippen LogP contribution in [0.2, 0.25) is 0 Å². The topological polar surface area (TPSA) is 47.4 Å². The lowest BCUT2D eigenvalue weighted by Gasteiger charge is -2.19. The fourth-order valence-electron chi connectivity index (χ4n) is 3.58. The number of carbonyl (C=O) groups is 1. The Morgan fingerprint density at radius 3 is 2.39 bits per heavy atom. The number of aromatic nitrogens is 2. The Bertz CT molecular complexity index is 1150. The Labute approximate surface area is 182 Å². The van der Waals surface area contributed by atoms with Gasteiger partial charge >= 0.3 is 0 Å². The van der Waals surface area contributed by atoms with Gasteiger partial charge in [0, 0.05) is 13.6 Å². The summed E-state index contributed by atoms with van der Waals surface area (Å²) < 4.78 is 7.95. The van der Waals surface area contributed by atoms with Gasteiger partial charge in [0.15, 0.2) is 0 Å². The van der Waals surface area contributed by atoms with Crippen molar-refractivity contribution in [3.63, 3.8) is 0 Å². The maximum atomic E-state index is 13.0. The Kier molecular flexibility index (Phi) is 6.32. The molecule has 0 spiro atoms. The van der Waals surface area contributed by atoms with Crippen molar-refractivity contribution in [2.75, 3.05) is 7.05 Å². The van der Waals surface area contributed by atoms with Crippen molar-refractivity contribution < 1.29 is 9.53 Å². The summed E-state index contributed by atoms with van der Waals surface area (Å²) in [6.45, 7) is 3.22. The van der Waals surface area contributed by atoms with Gasteiger partial charge in [0.1, 0.15) is 24.7 Å². The number of amides is 1. The molecule has 0 bridgehead atoms. The van der Waals surface area contributed by atoms with Crippen molar-refractivity contribution in [2.24, 2.45) is 0 Å². The molecule has 0 atom stereocenters. The summed E-state index contributed by atoms with van der Waals surface area (Å²) in [5.41, 5.74) is 4.17. The third-order valence-corrected chi connectivity index (χ3v) is 5.41. The van der Waals surface area contributed by atoms with Crippen LogP contribution in [0.15, 0.2) is 78.9 Å². The summed E-state index contributed by atoms with van der Waals surface area (Å²) in [5, 5.41) is 0. The zero-order valence-electron chi connectivity index (χ0n) is 18.0. The minimum absolute atomic E-state index is 0.0283. The van der Waals surface area contributed by atoms with Crippen LogP contribution in [0, 0.1) is 0 Å². The van der Waals surface area contributed by atoms with E-state index >= 15 is 0 Å². The van der Waals surface area contributed by atoms with E-state index in [9.17, 15) is 4.79 Å². The lowest BCUT2D eigenvalue weighted by Crippen LogP contribution is -2.30. The number of fused-ring (bicyclic) bond motifs is 1. The van der Waals surface area contributed by atoms with Gasteiger partial charge in [-0.3, -0.25) is 4.79 Å². The van der Waals surface area contributed by atoms with Gasteiger partial charge in [0.05, 0.1) is 11.0 Å². The van der Waals surface area contributed by atoms with Crippen LogP contribution < -0.4 is 4.74 Å². The van der Waals surface area contributed by atoms with E-state index in [1.165, 1.54) is 5.56 Å². The van der Waals surface area contributed by atoms with Crippen LogP contribution in [0.25, 0.3) is 11.0 Å². The molecule has 0 aliphatic rings. The maximum absolute atomic E-state index is 13.0. The number of rotatable bonds is 8. The summed E-state index contributed by atoms with van der Waals surface area (Å²) in [5.74, 6) is 1.56. The van der Waals surface area contributed by atoms with Gasteiger partial charge in [-0.1, -0.05) is 61.5 Å². The first-order valence-corrected chi connectivity index (χ1v) is 10.6. The average molecular weight is 414 g/mol. The largest absolute Gasteiger partial charge is 0.486 e. The first-order chi connectivity index (χ1) is 15.1. The first kappa shape index (κ1) is 20.7. The van der Waals surface area contributed by atoms with Crippen LogP contribution in [0.5, 0.6) is 5.75 Å². The predicted molar refractivity (Wildman–Crippen MR) is 123 cm³/mol. The van der Waals surface area contributed by atoms with Crippen LogP contribution in [-0.2, 0) is 30.9 Å². The third kappa shape index (κ3) is 4.94. The van der Waals surface area contributed by atoms with Crippen molar-refractivity contribution in [3.8, 4) is 5.75 Å². The van der Waals surface area contributed by atoms with E-state index in [0.29, 0.717) is 13.2 Å².